The predicted octanol–water partition coefficient (Wildman–Crippen LogP) is -3.43. The molecule has 0 heterocycles. The summed E-state index contributed by atoms with van der Waals surface area (Å²) in [5, 5.41) is -4.92. The van der Waals surface area contributed by atoms with Crippen molar-refractivity contribution in [2.45, 2.75) is 0 Å². The SMILES string of the molecule is C[NH3+].C[NH3+].C[NH3+].C[NH3+].[Cl-].[Cl][Fe-3]([Cl])([Cl])([Cl])([Cl])[Cl]. The van der Waals surface area contributed by atoms with E-state index < -0.39 is 5.26 Å². The standard InChI is InChI=1S/4CH5N.7ClH.Fe/c4*1-2;;;;;;;;/h4*2H2,1H3;7*1H;/q;;;;;;;;;;;+3/p-3. The van der Waals surface area contributed by atoms with Crippen LogP contribution in [0.15, 0.2) is 0 Å². The van der Waals surface area contributed by atoms with Gasteiger partial charge in [0.25, 0.3) is 0 Å². The van der Waals surface area contributed by atoms with E-state index >= 15 is 0 Å². The van der Waals surface area contributed by atoms with E-state index in [4.69, 9.17) is 60.6 Å². The number of quaternary nitrogens is 4. The van der Waals surface area contributed by atoms with Crippen LogP contribution in [-0.4, -0.2) is 28.2 Å². The average Bonchev–Trinajstić information content (AvgIpc) is 2.12. The zero-order chi connectivity index (χ0) is 14.4. The van der Waals surface area contributed by atoms with E-state index in [9.17, 15) is 0 Å². The zero-order valence-electron chi connectivity index (χ0n) is 9.83. The van der Waals surface area contributed by atoms with Crippen molar-refractivity contribution in [1.82, 2.24) is 0 Å². The Bertz CT molecular complexity index is 87.0. The second-order valence-electron chi connectivity index (χ2n) is 0.758. The van der Waals surface area contributed by atoms with Gasteiger partial charge in [0.05, 0.1) is 28.2 Å². The van der Waals surface area contributed by atoms with Gasteiger partial charge in [-0.2, -0.15) is 0 Å². The Morgan fingerprint density at radius 3 is 0.500 bits per heavy atom. The molecule has 0 aromatic rings. The van der Waals surface area contributed by atoms with Crippen LogP contribution >= 0.6 is 60.6 Å². The molecule has 0 amide bonds. The van der Waals surface area contributed by atoms with Crippen molar-refractivity contribution in [2.24, 2.45) is 0 Å². The Kier molecular flexibility index (Phi) is 35.0. The van der Waals surface area contributed by atoms with Crippen LogP contribution in [0.25, 0.3) is 0 Å². The van der Waals surface area contributed by atoms with Gasteiger partial charge >= 0.3 is 65.9 Å². The first kappa shape index (κ1) is 36.2. The molecule has 0 spiro atoms. The number of hydrogen-bond donors (Lipinski definition) is 4. The Morgan fingerprint density at radius 2 is 0.500 bits per heavy atom. The fourth-order valence-electron chi connectivity index (χ4n) is 0. The van der Waals surface area contributed by atoms with E-state index in [1.807, 2.05) is 0 Å². The first-order chi connectivity index (χ1) is 6.45. The first-order valence-corrected chi connectivity index (χ1v) is 12.7. The van der Waals surface area contributed by atoms with E-state index in [-0.39, 0.29) is 12.4 Å². The third kappa shape index (κ3) is 680. The number of rotatable bonds is 0. The summed E-state index contributed by atoms with van der Waals surface area (Å²) in [7, 11) is 37.1. The Hall–Kier alpha value is 2.39. The van der Waals surface area contributed by atoms with Gasteiger partial charge in [-0.05, 0) is 0 Å². The van der Waals surface area contributed by atoms with Crippen LogP contribution in [0.5, 0.6) is 0 Å². The van der Waals surface area contributed by atoms with Crippen LogP contribution in [0, 0.1) is 0 Å². The van der Waals surface area contributed by atoms with Gasteiger partial charge in [0, 0.05) is 0 Å². The number of halogens is 7. The maximum atomic E-state index is 5.01. The van der Waals surface area contributed by atoms with Gasteiger partial charge in [-0.1, -0.05) is 0 Å². The molecule has 0 rings (SSSR count). The quantitative estimate of drug-likeness (QED) is 0.286. The molecule has 0 aliphatic carbocycles. The molecule has 117 valence electrons. The average molecular weight is 432 g/mol. The molecule has 12 heteroatoms. The summed E-state index contributed by atoms with van der Waals surface area (Å²) >= 11 is 0. The molecule has 0 aliphatic rings. The van der Waals surface area contributed by atoms with Crippen molar-refractivity contribution >= 4 is 60.6 Å². The molecular weight excluding hydrogens is 408 g/mol. The van der Waals surface area contributed by atoms with Crippen LogP contribution in [0.2, 0.25) is 0 Å². The third-order valence-corrected chi connectivity index (χ3v) is 0. The molecule has 0 radical (unpaired) electrons. The van der Waals surface area contributed by atoms with Crippen molar-refractivity contribution in [3.05, 3.63) is 0 Å². The van der Waals surface area contributed by atoms with Crippen molar-refractivity contribution in [1.29, 1.82) is 0 Å². The summed E-state index contributed by atoms with van der Waals surface area (Å²) in [4.78, 5) is 0. The summed E-state index contributed by atoms with van der Waals surface area (Å²) in [6.45, 7) is 0. The topological polar surface area (TPSA) is 111 Å². The van der Waals surface area contributed by atoms with Crippen molar-refractivity contribution in [2.75, 3.05) is 28.2 Å². The molecule has 0 atom stereocenters. The molecule has 0 unspecified atom stereocenters. The second kappa shape index (κ2) is 15.4. The summed E-state index contributed by atoms with van der Waals surface area (Å²) in [6.07, 6.45) is 0. The van der Waals surface area contributed by atoms with Crippen LogP contribution < -0.4 is 35.3 Å². The molecular formula is C4H24Cl7FeN4. The fourth-order valence-corrected chi connectivity index (χ4v) is 0. The van der Waals surface area contributed by atoms with Crippen LogP contribution in [-0.2, 0) is 5.26 Å². The van der Waals surface area contributed by atoms with Gasteiger partial charge in [0.2, 0.25) is 0 Å². The van der Waals surface area contributed by atoms with E-state index in [1.165, 1.54) is 0 Å². The zero-order valence-corrected chi connectivity index (χ0v) is 16.2. The Morgan fingerprint density at radius 1 is 0.500 bits per heavy atom. The summed E-state index contributed by atoms with van der Waals surface area (Å²) in [5.41, 5.74) is 13.0. The summed E-state index contributed by atoms with van der Waals surface area (Å²) in [5.74, 6) is 0. The number of hydrogen-bond acceptors (Lipinski definition) is 0. The Labute approximate surface area is 128 Å². The van der Waals surface area contributed by atoms with Crippen molar-refractivity contribution in [3.63, 3.8) is 0 Å². The van der Waals surface area contributed by atoms with E-state index in [0.717, 1.165) is 0 Å². The van der Waals surface area contributed by atoms with E-state index in [1.54, 1.807) is 28.2 Å². The normalized spacial score (nSPS) is 11.6. The van der Waals surface area contributed by atoms with Gasteiger partial charge in [-0.25, -0.2) is 0 Å². The molecule has 0 bridgehead atoms. The van der Waals surface area contributed by atoms with Crippen molar-refractivity contribution < 1.29 is 40.6 Å². The summed E-state index contributed by atoms with van der Waals surface area (Å²) in [6, 6.07) is 0. The minimum absolute atomic E-state index is 0. The molecule has 0 aliphatic heterocycles. The van der Waals surface area contributed by atoms with Gasteiger partial charge in [-0.15, -0.1) is 0 Å². The van der Waals surface area contributed by atoms with Crippen LogP contribution in [0.1, 0.15) is 0 Å². The van der Waals surface area contributed by atoms with Gasteiger partial charge < -0.3 is 35.3 Å². The van der Waals surface area contributed by atoms with Gasteiger partial charge in [0.1, 0.15) is 0 Å². The molecule has 4 nitrogen and oxygen atoms in total. The van der Waals surface area contributed by atoms with Gasteiger partial charge in [-0.3, -0.25) is 0 Å². The van der Waals surface area contributed by atoms with Crippen LogP contribution in [0.4, 0.5) is 0 Å². The van der Waals surface area contributed by atoms with E-state index in [0.29, 0.717) is 0 Å². The molecule has 0 aromatic heterocycles. The molecule has 0 saturated carbocycles. The second-order valence-corrected chi connectivity index (χ2v) is 28.1. The van der Waals surface area contributed by atoms with Gasteiger partial charge in [0.15, 0.2) is 0 Å². The minimum atomic E-state index is -4.92. The fraction of sp³-hybridized carbons (Fsp3) is 1.00. The molecule has 0 saturated heterocycles. The monoisotopic (exact) mass is 429 g/mol. The maximum absolute atomic E-state index is 5.01. The van der Waals surface area contributed by atoms with Crippen LogP contribution in [0.3, 0.4) is 0 Å². The molecule has 12 N–H and O–H groups in total. The molecule has 16 heavy (non-hydrogen) atoms. The molecule has 0 fully saturated rings. The first-order valence-electron chi connectivity index (χ1n) is 3.63. The summed E-state index contributed by atoms with van der Waals surface area (Å²) < 4.78 is 0. The Balaban J connectivity index is -0.0000000238. The molecule has 0 aromatic carbocycles. The third-order valence-electron chi connectivity index (χ3n) is 0. The van der Waals surface area contributed by atoms with Crippen molar-refractivity contribution in [3.8, 4) is 0 Å². The predicted molar refractivity (Wildman–Crippen MR) is 70.4 cm³/mol. The van der Waals surface area contributed by atoms with E-state index in [2.05, 4.69) is 22.9 Å².